The highest BCUT2D eigenvalue weighted by Gasteiger charge is 2.43. The van der Waals surface area contributed by atoms with Gasteiger partial charge in [0.05, 0.1) is 19.7 Å². The lowest BCUT2D eigenvalue weighted by molar-refractivity contribution is -0.121. The van der Waals surface area contributed by atoms with Gasteiger partial charge in [-0.15, -0.1) is 12.4 Å². The Morgan fingerprint density at radius 2 is 2.13 bits per heavy atom. The van der Waals surface area contributed by atoms with Crippen molar-refractivity contribution in [2.75, 3.05) is 27.2 Å². The first kappa shape index (κ1) is 18.0. The highest BCUT2D eigenvalue weighted by Crippen LogP contribution is 2.41. The molecule has 1 amide bonds. The zero-order chi connectivity index (χ0) is 15.5. The van der Waals surface area contributed by atoms with Gasteiger partial charge < -0.3 is 15.4 Å². The van der Waals surface area contributed by atoms with Gasteiger partial charge in [0.15, 0.2) is 0 Å². The molecule has 0 radical (unpaired) electrons. The number of nitrogens with one attached hydrogen (secondary N) is 2. The van der Waals surface area contributed by atoms with Crippen LogP contribution in [0.2, 0.25) is 0 Å². The van der Waals surface area contributed by atoms with E-state index in [1.54, 1.807) is 14.2 Å². The Balaban J connectivity index is 0.00000192. The van der Waals surface area contributed by atoms with E-state index in [4.69, 9.17) is 4.74 Å². The van der Waals surface area contributed by atoms with E-state index < -0.39 is 0 Å². The van der Waals surface area contributed by atoms with Crippen LogP contribution in [-0.2, 0) is 4.79 Å². The van der Waals surface area contributed by atoms with Crippen molar-refractivity contribution in [3.8, 4) is 5.75 Å². The molecule has 6 heteroatoms. The van der Waals surface area contributed by atoms with Gasteiger partial charge in [0.25, 0.3) is 0 Å². The number of likely N-dealkylation sites (tertiary alicyclic amines) is 1. The van der Waals surface area contributed by atoms with E-state index in [0.29, 0.717) is 12.6 Å². The van der Waals surface area contributed by atoms with Gasteiger partial charge in [0, 0.05) is 18.6 Å². The van der Waals surface area contributed by atoms with Crippen molar-refractivity contribution in [1.82, 2.24) is 15.5 Å². The van der Waals surface area contributed by atoms with Crippen LogP contribution in [0.5, 0.6) is 5.75 Å². The molecule has 1 saturated heterocycles. The zero-order valence-corrected chi connectivity index (χ0v) is 14.6. The Kier molecular flexibility index (Phi) is 6.27. The molecule has 1 heterocycles. The summed E-state index contributed by atoms with van der Waals surface area (Å²) < 4.78 is 5.36. The van der Waals surface area contributed by atoms with E-state index in [9.17, 15) is 4.79 Å². The van der Waals surface area contributed by atoms with Gasteiger partial charge in [-0.3, -0.25) is 9.69 Å². The maximum Gasteiger partial charge on any atom is 0.234 e. The van der Waals surface area contributed by atoms with Gasteiger partial charge in [-0.25, -0.2) is 0 Å². The molecule has 3 rings (SSSR count). The predicted octanol–water partition coefficient (Wildman–Crippen LogP) is 1.73. The molecule has 2 unspecified atom stereocenters. The van der Waals surface area contributed by atoms with Crippen LogP contribution >= 0.6 is 12.4 Å². The first-order valence-corrected chi connectivity index (χ1v) is 8.06. The van der Waals surface area contributed by atoms with Crippen molar-refractivity contribution in [3.05, 3.63) is 29.8 Å². The number of carbonyl (C=O) groups excluding carboxylic acids is 1. The van der Waals surface area contributed by atoms with Crippen LogP contribution in [0.4, 0.5) is 0 Å². The highest BCUT2D eigenvalue weighted by atomic mass is 35.5. The molecule has 1 aliphatic heterocycles. The van der Waals surface area contributed by atoms with Crippen LogP contribution in [0.25, 0.3) is 0 Å². The maximum atomic E-state index is 12.0. The molecule has 2 aliphatic rings. The first-order chi connectivity index (χ1) is 10.7. The standard InChI is InChI=1S/C17H25N3O2.ClH/c1-18-11-16(21)19-15-8-9-20(13-6-7-13)17(15)12-4-3-5-14(10-12)22-2;/h3-5,10,13,15,17-18H,6-9,11H2,1-2H3,(H,19,21);1H. The summed E-state index contributed by atoms with van der Waals surface area (Å²) in [6.07, 6.45) is 3.56. The minimum Gasteiger partial charge on any atom is -0.497 e. The quantitative estimate of drug-likeness (QED) is 0.829. The van der Waals surface area contributed by atoms with Gasteiger partial charge in [-0.2, -0.15) is 0 Å². The largest absolute Gasteiger partial charge is 0.497 e. The Hall–Kier alpha value is -1.30. The second kappa shape index (κ2) is 7.99. The van der Waals surface area contributed by atoms with Gasteiger partial charge in [-0.1, -0.05) is 12.1 Å². The Morgan fingerprint density at radius 3 is 2.78 bits per heavy atom. The van der Waals surface area contributed by atoms with E-state index in [-0.39, 0.29) is 30.4 Å². The molecule has 5 nitrogen and oxygen atoms in total. The lowest BCUT2D eigenvalue weighted by atomic mass is 9.99. The third-order valence-electron chi connectivity index (χ3n) is 4.57. The van der Waals surface area contributed by atoms with Crippen molar-refractivity contribution >= 4 is 18.3 Å². The number of benzene rings is 1. The number of nitrogens with zero attached hydrogens (tertiary/aromatic N) is 1. The summed E-state index contributed by atoms with van der Waals surface area (Å²) in [5.41, 5.74) is 1.23. The Bertz CT molecular complexity index is 536. The van der Waals surface area contributed by atoms with E-state index >= 15 is 0 Å². The number of halogens is 1. The van der Waals surface area contributed by atoms with Gasteiger partial charge >= 0.3 is 0 Å². The summed E-state index contributed by atoms with van der Waals surface area (Å²) in [6, 6.07) is 9.35. The number of rotatable bonds is 6. The number of likely N-dealkylation sites (N-methyl/N-ethyl adjacent to an activating group) is 1. The third-order valence-corrected chi connectivity index (χ3v) is 4.57. The first-order valence-electron chi connectivity index (χ1n) is 8.06. The van der Waals surface area contributed by atoms with Crippen LogP contribution in [0.15, 0.2) is 24.3 Å². The molecule has 0 spiro atoms. The third kappa shape index (κ3) is 4.16. The second-order valence-electron chi connectivity index (χ2n) is 6.18. The van der Waals surface area contributed by atoms with Crippen molar-refractivity contribution in [2.24, 2.45) is 0 Å². The average molecular weight is 340 g/mol. The second-order valence-corrected chi connectivity index (χ2v) is 6.18. The molecule has 2 N–H and O–H groups in total. The Morgan fingerprint density at radius 1 is 1.35 bits per heavy atom. The number of ether oxygens (including phenoxy) is 1. The van der Waals surface area contributed by atoms with Crippen LogP contribution < -0.4 is 15.4 Å². The summed E-state index contributed by atoms with van der Waals surface area (Å²) in [5, 5.41) is 6.11. The molecule has 1 aromatic rings. The molecular weight excluding hydrogens is 314 g/mol. The van der Waals surface area contributed by atoms with E-state index in [2.05, 4.69) is 27.7 Å². The smallest absolute Gasteiger partial charge is 0.234 e. The molecule has 23 heavy (non-hydrogen) atoms. The van der Waals surface area contributed by atoms with E-state index in [1.165, 1.54) is 18.4 Å². The van der Waals surface area contributed by atoms with E-state index in [0.717, 1.165) is 18.7 Å². The van der Waals surface area contributed by atoms with Crippen LogP contribution in [0.1, 0.15) is 30.9 Å². The van der Waals surface area contributed by atoms with E-state index in [1.807, 2.05) is 12.1 Å². The summed E-state index contributed by atoms with van der Waals surface area (Å²) in [7, 11) is 3.49. The van der Waals surface area contributed by atoms with Gasteiger partial charge in [0.2, 0.25) is 5.91 Å². The fourth-order valence-electron chi connectivity index (χ4n) is 3.45. The molecule has 0 aromatic heterocycles. The summed E-state index contributed by atoms with van der Waals surface area (Å²) in [5.74, 6) is 0.943. The SMILES string of the molecule is CNCC(=O)NC1CCN(C2CC2)C1c1cccc(OC)c1.Cl. The van der Waals surface area contributed by atoms with Crippen LogP contribution in [0.3, 0.4) is 0 Å². The summed E-state index contributed by atoms with van der Waals surface area (Å²) in [6.45, 7) is 1.42. The van der Waals surface area contributed by atoms with Gasteiger partial charge in [-0.05, 0) is 44.0 Å². The maximum absolute atomic E-state index is 12.0. The molecule has 2 fully saturated rings. The van der Waals surface area contributed by atoms with Crippen molar-refractivity contribution in [3.63, 3.8) is 0 Å². The fraction of sp³-hybridized carbons (Fsp3) is 0.588. The molecule has 2 atom stereocenters. The zero-order valence-electron chi connectivity index (χ0n) is 13.7. The Labute approximate surface area is 144 Å². The molecule has 128 valence electrons. The highest BCUT2D eigenvalue weighted by molar-refractivity contribution is 5.85. The molecule has 1 aromatic carbocycles. The van der Waals surface area contributed by atoms with Gasteiger partial charge in [0.1, 0.15) is 5.75 Å². The monoisotopic (exact) mass is 339 g/mol. The average Bonchev–Trinajstić information content (AvgIpc) is 3.29. The van der Waals surface area contributed by atoms with Crippen molar-refractivity contribution in [1.29, 1.82) is 0 Å². The lowest BCUT2D eigenvalue weighted by Gasteiger charge is -2.29. The number of amides is 1. The summed E-state index contributed by atoms with van der Waals surface area (Å²) >= 11 is 0. The normalized spacial score (nSPS) is 24.1. The summed E-state index contributed by atoms with van der Waals surface area (Å²) in [4.78, 5) is 14.5. The number of hydrogen-bond acceptors (Lipinski definition) is 4. The molecule has 1 saturated carbocycles. The molecule has 1 aliphatic carbocycles. The lowest BCUT2D eigenvalue weighted by Crippen LogP contribution is -2.43. The minimum absolute atomic E-state index is 0. The molecular formula is C17H26ClN3O2. The van der Waals surface area contributed by atoms with Crippen LogP contribution in [-0.4, -0.2) is 50.1 Å². The topological polar surface area (TPSA) is 53.6 Å². The van der Waals surface area contributed by atoms with Crippen molar-refractivity contribution < 1.29 is 9.53 Å². The number of methoxy groups -OCH3 is 1. The minimum atomic E-state index is 0. The van der Waals surface area contributed by atoms with Crippen molar-refractivity contribution in [2.45, 2.75) is 37.4 Å². The fourth-order valence-corrected chi connectivity index (χ4v) is 3.45. The number of carbonyl (C=O) groups is 1. The predicted molar refractivity (Wildman–Crippen MR) is 93.2 cm³/mol. The number of hydrogen-bond donors (Lipinski definition) is 2. The van der Waals surface area contributed by atoms with Crippen LogP contribution in [0, 0.1) is 0 Å². The molecule has 0 bridgehead atoms.